The molecule has 2 rings (SSSR count). The number of aliphatic hydroxyl groups excluding tert-OH is 1. The quantitative estimate of drug-likeness (QED) is 0.790. The third-order valence-electron chi connectivity index (χ3n) is 5.60. The molecule has 1 atom stereocenters. The lowest BCUT2D eigenvalue weighted by atomic mass is 9.84. The maximum atomic E-state index is 10.3. The van der Waals surface area contributed by atoms with Crippen molar-refractivity contribution in [2.75, 3.05) is 13.6 Å². The lowest BCUT2D eigenvalue weighted by Crippen LogP contribution is -2.40. The molecule has 0 bridgehead atoms. The van der Waals surface area contributed by atoms with Crippen molar-refractivity contribution in [1.82, 2.24) is 4.90 Å². The predicted molar refractivity (Wildman–Crippen MR) is 81.2 cm³/mol. The number of hydrogen-bond acceptors (Lipinski definition) is 2. The van der Waals surface area contributed by atoms with Gasteiger partial charge in [0.1, 0.15) is 0 Å². The van der Waals surface area contributed by atoms with Crippen LogP contribution in [0.4, 0.5) is 0 Å². The van der Waals surface area contributed by atoms with E-state index in [9.17, 15) is 5.11 Å². The standard InChI is InChI=1S/C17H33NO/c1-3-14-8-10-16(11-9-14)18(2)13-17(19)12-15-6-4-5-7-15/h14-17,19H,3-13H2,1-2H3. The predicted octanol–water partition coefficient (Wildman–Crippen LogP) is 3.83. The van der Waals surface area contributed by atoms with Gasteiger partial charge in [-0.1, -0.05) is 39.0 Å². The fourth-order valence-electron chi connectivity index (χ4n) is 4.18. The highest BCUT2D eigenvalue weighted by Gasteiger charge is 2.25. The van der Waals surface area contributed by atoms with Crippen LogP contribution in [0.5, 0.6) is 0 Å². The SMILES string of the molecule is CCC1CCC(N(C)CC(O)CC2CCCC2)CC1. The van der Waals surface area contributed by atoms with Gasteiger partial charge in [-0.15, -0.1) is 0 Å². The van der Waals surface area contributed by atoms with Crippen LogP contribution in [0.25, 0.3) is 0 Å². The lowest BCUT2D eigenvalue weighted by Gasteiger charge is -2.35. The first-order valence-corrected chi connectivity index (χ1v) is 8.57. The summed E-state index contributed by atoms with van der Waals surface area (Å²) in [6, 6.07) is 0.723. The van der Waals surface area contributed by atoms with E-state index >= 15 is 0 Å². The van der Waals surface area contributed by atoms with Gasteiger partial charge in [-0.25, -0.2) is 0 Å². The molecule has 0 heterocycles. The van der Waals surface area contributed by atoms with Crippen molar-refractivity contribution in [3.63, 3.8) is 0 Å². The molecule has 2 nitrogen and oxygen atoms in total. The Bertz CT molecular complexity index is 242. The van der Waals surface area contributed by atoms with E-state index in [1.807, 2.05) is 0 Å². The zero-order valence-corrected chi connectivity index (χ0v) is 13.0. The maximum Gasteiger partial charge on any atom is 0.0669 e. The smallest absolute Gasteiger partial charge is 0.0669 e. The Morgan fingerprint density at radius 1 is 1.00 bits per heavy atom. The zero-order valence-electron chi connectivity index (χ0n) is 13.0. The largest absolute Gasteiger partial charge is 0.392 e. The molecule has 0 spiro atoms. The molecule has 2 aliphatic rings. The second kappa shape index (κ2) is 7.64. The molecule has 0 aromatic carbocycles. The summed E-state index contributed by atoms with van der Waals surface area (Å²) in [7, 11) is 2.22. The first-order valence-electron chi connectivity index (χ1n) is 8.57. The fourth-order valence-corrected chi connectivity index (χ4v) is 4.18. The van der Waals surface area contributed by atoms with Gasteiger partial charge in [-0.2, -0.15) is 0 Å². The Morgan fingerprint density at radius 2 is 1.63 bits per heavy atom. The molecule has 2 heteroatoms. The molecule has 0 radical (unpaired) electrons. The molecule has 19 heavy (non-hydrogen) atoms. The summed E-state index contributed by atoms with van der Waals surface area (Å²) >= 11 is 0. The summed E-state index contributed by atoms with van der Waals surface area (Å²) < 4.78 is 0. The van der Waals surface area contributed by atoms with Gasteiger partial charge >= 0.3 is 0 Å². The number of aliphatic hydroxyl groups is 1. The van der Waals surface area contributed by atoms with Crippen LogP contribution in [-0.2, 0) is 0 Å². The number of hydrogen-bond donors (Lipinski definition) is 1. The van der Waals surface area contributed by atoms with Crippen molar-refractivity contribution < 1.29 is 5.11 Å². The maximum absolute atomic E-state index is 10.3. The third kappa shape index (κ3) is 4.75. The Labute approximate surface area is 119 Å². The van der Waals surface area contributed by atoms with E-state index in [0.717, 1.165) is 30.8 Å². The van der Waals surface area contributed by atoms with Crippen molar-refractivity contribution in [2.24, 2.45) is 11.8 Å². The Hall–Kier alpha value is -0.0800. The van der Waals surface area contributed by atoms with E-state index in [-0.39, 0.29) is 6.10 Å². The topological polar surface area (TPSA) is 23.5 Å². The summed E-state index contributed by atoms with van der Waals surface area (Å²) in [4.78, 5) is 2.44. The van der Waals surface area contributed by atoms with Gasteiger partial charge in [0.05, 0.1) is 6.10 Å². The minimum atomic E-state index is -0.100. The number of likely N-dealkylation sites (N-methyl/N-ethyl adjacent to an activating group) is 1. The molecular formula is C17H33NO. The van der Waals surface area contributed by atoms with E-state index in [0.29, 0.717) is 0 Å². The molecule has 2 saturated carbocycles. The first-order chi connectivity index (χ1) is 9.19. The summed E-state index contributed by atoms with van der Waals surface area (Å²) in [5.41, 5.74) is 0. The van der Waals surface area contributed by atoms with Gasteiger partial charge in [-0.3, -0.25) is 0 Å². The van der Waals surface area contributed by atoms with Crippen LogP contribution < -0.4 is 0 Å². The zero-order chi connectivity index (χ0) is 13.7. The molecule has 0 aromatic heterocycles. The molecular weight excluding hydrogens is 234 g/mol. The molecule has 2 aliphatic carbocycles. The van der Waals surface area contributed by atoms with Crippen LogP contribution >= 0.6 is 0 Å². The van der Waals surface area contributed by atoms with Gasteiger partial charge in [-0.05, 0) is 51.0 Å². The normalized spacial score (nSPS) is 30.9. The average Bonchev–Trinajstić information content (AvgIpc) is 2.91. The van der Waals surface area contributed by atoms with Crippen molar-refractivity contribution in [3.05, 3.63) is 0 Å². The molecule has 0 saturated heterocycles. The van der Waals surface area contributed by atoms with Crippen molar-refractivity contribution in [1.29, 1.82) is 0 Å². The van der Waals surface area contributed by atoms with Crippen molar-refractivity contribution in [2.45, 2.75) is 83.3 Å². The summed E-state index contributed by atoms with van der Waals surface area (Å²) in [6.07, 6.45) is 13.2. The minimum absolute atomic E-state index is 0.100. The third-order valence-corrected chi connectivity index (χ3v) is 5.60. The van der Waals surface area contributed by atoms with E-state index in [4.69, 9.17) is 0 Å². The van der Waals surface area contributed by atoms with Crippen LogP contribution in [0.1, 0.15) is 71.1 Å². The molecule has 112 valence electrons. The van der Waals surface area contributed by atoms with E-state index in [1.165, 1.54) is 57.8 Å². The minimum Gasteiger partial charge on any atom is -0.392 e. The molecule has 1 N–H and O–H groups in total. The van der Waals surface area contributed by atoms with Crippen LogP contribution in [0.15, 0.2) is 0 Å². The second-order valence-corrected chi connectivity index (χ2v) is 7.06. The monoisotopic (exact) mass is 267 g/mol. The van der Waals surface area contributed by atoms with Gasteiger partial charge in [0.25, 0.3) is 0 Å². The average molecular weight is 267 g/mol. The highest BCUT2D eigenvalue weighted by atomic mass is 16.3. The van der Waals surface area contributed by atoms with Crippen molar-refractivity contribution in [3.8, 4) is 0 Å². The van der Waals surface area contributed by atoms with Crippen LogP contribution in [0.2, 0.25) is 0 Å². The Balaban J connectivity index is 1.66. The number of nitrogens with zero attached hydrogens (tertiary/aromatic N) is 1. The number of rotatable bonds is 6. The highest BCUT2D eigenvalue weighted by molar-refractivity contribution is 4.80. The van der Waals surface area contributed by atoms with Crippen molar-refractivity contribution >= 4 is 0 Å². The van der Waals surface area contributed by atoms with Crippen LogP contribution in [0, 0.1) is 11.8 Å². The fraction of sp³-hybridized carbons (Fsp3) is 1.00. The van der Waals surface area contributed by atoms with Gasteiger partial charge in [0.15, 0.2) is 0 Å². The Kier molecular flexibility index (Phi) is 6.15. The lowest BCUT2D eigenvalue weighted by molar-refractivity contribution is 0.0692. The van der Waals surface area contributed by atoms with E-state index < -0.39 is 0 Å². The molecule has 0 amide bonds. The van der Waals surface area contributed by atoms with Crippen LogP contribution in [0.3, 0.4) is 0 Å². The van der Waals surface area contributed by atoms with E-state index in [2.05, 4.69) is 18.9 Å². The highest BCUT2D eigenvalue weighted by Crippen LogP contribution is 2.31. The first kappa shape index (κ1) is 15.3. The van der Waals surface area contributed by atoms with E-state index in [1.54, 1.807) is 0 Å². The molecule has 0 aliphatic heterocycles. The molecule has 1 unspecified atom stereocenters. The summed E-state index contributed by atoms with van der Waals surface area (Å²) in [5, 5.41) is 10.3. The van der Waals surface area contributed by atoms with Gasteiger partial charge in [0.2, 0.25) is 0 Å². The summed E-state index contributed by atoms with van der Waals surface area (Å²) in [6.45, 7) is 3.21. The molecule has 0 aromatic rings. The van der Waals surface area contributed by atoms with Gasteiger partial charge < -0.3 is 10.0 Å². The summed E-state index contributed by atoms with van der Waals surface area (Å²) in [5.74, 6) is 1.77. The second-order valence-electron chi connectivity index (χ2n) is 7.06. The van der Waals surface area contributed by atoms with Crippen LogP contribution in [-0.4, -0.2) is 35.7 Å². The Morgan fingerprint density at radius 3 is 2.21 bits per heavy atom. The van der Waals surface area contributed by atoms with Gasteiger partial charge in [0, 0.05) is 12.6 Å². The molecule has 2 fully saturated rings.